The van der Waals surface area contributed by atoms with Gasteiger partial charge in [0.05, 0.1) is 12.7 Å². The van der Waals surface area contributed by atoms with Crippen molar-refractivity contribution in [1.82, 2.24) is 14.7 Å². The second kappa shape index (κ2) is 8.60. The molecule has 0 aliphatic rings. The normalized spacial score (nSPS) is 12.4. The molecule has 2 aromatic carbocycles. The van der Waals surface area contributed by atoms with Gasteiger partial charge >= 0.3 is 0 Å². The molecule has 0 radical (unpaired) electrons. The van der Waals surface area contributed by atoms with E-state index in [1.165, 1.54) is 16.7 Å². The van der Waals surface area contributed by atoms with Crippen LogP contribution in [0.4, 0.5) is 0 Å². The van der Waals surface area contributed by atoms with Crippen molar-refractivity contribution in [3.63, 3.8) is 0 Å². The van der Waals surface area contributed by atoms with Crippen molar-refractivity contribution in [3.05, 3.63) is 89.7 Å². The molecule has 130 valence electrons. The Labute approximate surface area is 149 Å². The van der Waals surface area contributed by atoms with Crippen molar-refractivity contribution in [2.75, 3.05) is 13.7 Å². The fourth-order valence-electron chi connectivity index (χ4n) is 3.18. The molecule has 0 fully saturated rings. The number of benzene rings is 2. The first-order valence-electron chi connectivity index (χ1n) is 8.67. The van der Waals surface area contributed by atoms with Crippen LogP contribution in [-0.4, -0.2) is 33.4 Å². The zero-order chi connectivity index (χ0) is 17.5. The van der Waals surface area contributed by atoms with Crippen LogP contribution in [0.3, 0.4) is 0 Å². The Balaban J connectivity index is 1.66. The molecule has 0 saturated carbocycles. The number of nitrogens with zero attached hydrogens (tertiary/aromatic N) is 3. The van der Waals surface area contributed by atoms with Gasteiger partial charge in [-0.15, -0.1) is 0 Å². The summed E-state index contributed by atoms with van der Waals surface area (Å²) in [5.41, 5.74) is 3.65. The molecule has 1 atom stereocenters. The summed E-state index contributed by atoms with van der Waals surface area (Å²) in [5, 5.41) is 13.9. The number of hydrogen-bond acceptors (Lipinski definition) is 3. The van der Waals surface area contributed by atoms with Crippen LogP contribution in [0, 0.1) is 0 Å². The molecule has 3 aromatic rings. The fraction of sp³-hybridized carbons (Fsp3) is 0.286. The molecule has 4 heteroatoms. The summed E-state index contributed by atoms with van der Waals surface area (Å²) < 4.78 is 1.97. The van der Waals surface area contributed by atoms with Gasteiger partial charge < -0.3 is 5.11 Å². The number of aliphatic hydroxyl groups is 1. The average molecular weight is 335 g/mol. The first-order chi connectivity index (χ1) is 12.3. The standard InChI is InChI=1S/C21H25N3O/c1-23(21(12-13-25)20-10-6-3-7-11-20)15-19-14-22-24(17-19)16-18-8-4-2-5-9-18/h2-11,14,17,21,25H,12-13,15-16H2,1H3. The molecule has 0 amide bonds. The average Bonchev–Trinajstić information content (AvgIpc) is 3.08. The molecule has 25 heavy (non-hydrogen) atoms. The van der Waals surface area contributed by atoms with E-state index in [0.717, 1.165) is 19.5 Å². The van der Waals surface area contributed by atoms with Gasteiger partial charge in [-0.3, -0.25) is 9.58 Å². The van der Waals surface area contributed by atoms with Crippen LogP contribution >= 0.6 is 0 Å². The Hall–Kier alpha value is -2.43. The van der Waals surface area contributed by atoms with Crippen molar-refractivity contribution < 1.29 is 5.11 Å². The number of rotatable bonds is 8. The quantitative estimate of drug-likeness (QED) is 0.685. The summed E-state index contributed by atoms with van der Waals surface area (Å²) in [6.07, 6.45) is 4.75. The Bertz CT molecular complexity index is 755. The number of aromatic nitrogens is 2. The van der Waals surface area contributed by atoms with E-state index >= 15 is 0 Å². The van der Waals surface area contributed by atoms with Crippen LogP contribution in [0.5, 0.6) is 0 Å². The lowest BCUT2D eigenvalue weighted by atomic mass is 10.0. The van der Waals surface area contributed by atoms with Gasteiger partial charge in [0.1, 0.15) is 0 Å². The van der Waals surface area contributed by atoms with Crippen LogP contribution in [0.2, 0.25) is 0 Å². The van der Waals surface area contributed by atoms with Crippen LogP contribution in [0.25, 0.3) is 0 Å². The SMILES string of the molecule is CN(Cc1cnn(Cc2ccccc2)c1)C(CCO)c1ccccc1. The molecule has 3 rings (SSSR count). The van der Waals surface area contributed by atoms with E-state index in [1.807, 2.05) is 47.3 Å². The molecule has 1 heterocycles. The minimum absolute atomic E-state index is 0.178. The highest BCUT2D eigenvalue weighted by Crippen LogP contribution is 2.24. The maximum Gasteiger partial charge on any atom is 0.0659 e. The van der Waals surface area contributed by atoms with Crippen molar-refractivity contribution in [2.24, 2.45) is 0 Å². The summed E-state index contributed by atoms with van der Waals surface area (Å²) in [5.74, 6) is 0. The molecule has 0 spiro atoms. The highest BCUT2D eigenvalue weighted by molar-refractivity contribution is 5.20. The first-order valence-corrected chi connectivity index (χ1v) is 8.67. The lowest BCUT2D eigenvalue weighted by molar-refractivity contribution is 0.180. The third-order valence-electron chi connectivity index (χ3n) is 4.43. The number of aliphatic hydroxyl groups excluding tert-OH is 1. The third kappa shape index (κ3) is 4.78. The van der Waals surface area contributed by atoms with Crippen LogP contribution in [0.15, 0.2) is 73.1 Å². The molecular weight excluding hydrogens is 310 g/mol. The van der Waals surface area contributed by atoms with Gasteiger partial charge in [-0.25, -0.2) is 0 Å². The monoisotopic (exact) mass is 335 g/mol. The van der Waals surface area contributed by atoms with Gasteiger partial charge in [0.2, 0.25) is 0 Å². The largest absolute Gasteiger partial charge is 0.396 e. The van der Waals surface area contributed by atoms with Crippen LogP contribution in [0.1, 0.15) is 29.2 Å². The molecule has 1 N–H and O–H groups in total. The Morgan fingerprint density at radius 1 is 1.00 bits per heavy atom. The lowest BCUT2D eigenvalue weighted by Gasteiger charge is -2.27. The molecule has 4 nitrogen and oxygen atoms in total. The lowest BCUT2D eigenvalue weighted by Crippen LogP contribution is -2.25. The first kappa shape index (κ1) is 17.4. The van der Waals surface area contributed by atoms with Crippen molar-refractivity contribution >= 4 is 0 Å². The minimum atomic E-state index is 0.178. The fourth-order valence-corrected chi connectivity index (χ4v) is 3.18. The summed E-state index contributed by atoms with van der Waals surface area (Å²) >= 11 is 0. The van der Waals surface area contributed by atoms with Crippen molar-refractivity contribution in [3.8, 4) is 0 Å². The highest BCUT2D eigenvalue weighted by atomic mass is 16.3. The van der Waals surface area contributed by atoms with Gasteiger partial charge in [-0.2, -0.15) is 5.10 Å². The van der Waals surface area contributed by atoms with E-state index in [0.29, 0.717) is 0 Å². The van der Waals surface area contributed by atoms with Gasteiger partial charge in [-0.1, -0.05) is 60.7 Å². The van der Waals surface area contributed by atoms with E-state index in [1.54, 1.807) is 0 Å². The maximum atomic E-state index is 9.44. The summed E-state index contributed by atoms with van der Waals surface area (Å²) in [6.45, 7) is 1.76. The third-order valence-corrected chi connectivity index (χ3v) is 4.43. The van der Waals surface area contributed by atoms with Crippen LogP contribution < -0.4 is 0 Å². The minimum Gasteiger partial charge on any atom is -0.396 e. The molecule has 1 aromatic heterocycles. The van der Waals surface area contributed by atoms with E-state index in [-0.39, 0.29) is 12.6 Å². The predicted octanol–water partition coefficient (Wildman–Crippen LogP) is 3.49. The molecular formula is C21H25N3O. The van der Waals surface area contributed by atoms with Gasteiger partial charge in [0, 0.05) is 31.0 Å². The summed E-state index contributed by atoms with van der Waals surface area (Å²) in [6, 6.07) is 20.9. The molecule has 0 bridgehead atoms. The molecule has 0 saturated heterocycles. The highest BCUT2D eigenvalue weighted by Gasteiger charge is 2.17. The second-order valence-corrected chi connectivity index (χ2v) is 6.39. The van der Waals surface area contributed by atoms with E-state index in [4.69, 9.17) is 0 Å². The van der Waals surface area contributed by atoms with E-state index in [9.17, 15) is 5.11 Å². The second-order valence-electron chi connectivity index (χ2n) is 6.39. The molecule has 0 aliphatic carbocycles. The Morgan fingerprint density at radius 2 is 1.68 bits per heavy atom. The van der Waals surface area contributed by atoms with Gasteiger partial charge in [-0.05, 0) is 24.6 Å². The maximum absolute atomic E-state index is 9.44. The number of hydrogen-bond donors (Lipinski definition) is 1. The summed E-state index contributed by atoms with van der Waals surface area (Å²) in [4.78, 5) is 2.27. The molecule has 0 aliphatic heterocycles. The summed E-state index contributed by atoms with van der Waals surface area (Å²) in [7, 11) is 2.10. The van der Waals surface area contributed by atoms with Gasteiger partial charge in [0.25, 0.3) is 0 Å². The smallest absolute Gasteiger partial charge is 0.0659 e. The Morgan fingerprint density at radius 3 is 2.36 bits per heavy atom. The van der Waals surface area contributed by atoms with Crippen molar-refractivity contribution in [2.45, 2.75) is 25.6 Å². The zero-order valence-electron chi connectivity index (χ0n) is 14.6. The van der Waals surface area contributed by atoms with Crippen LogP contribution in [-0.2, 0) is 13.1 Å². The van der Waals surface area contributed by atoms with Gasteiger partial charge in [0.15, 0.2) is 0 Å². The van der Waals surface area contributed by atoms with Crippen molar-refractivity contribution in [1.29, 1.82) is 0 Å². The Kier molecular flexibility index (Phi) is 5.99. The predicted molar refractivity (Wildman–Crippen MR) is 100 cm³/mol. The van der Waals surface area contributed by atoms with E-state index in [2.05, 4.69) is 47.5 Å². The molecule has 1 unspecified atom stereocenters. The zero-order valence-corrected chi connectivity index (χ0v) is 14.6. The topological polar surface area (TPSA) is 41.3 Å². The van der Waals surface area contributed by atoms with E-state index < -0.39 is 0 Å².